The molecular weight excluding hydrogens is 303 g/mol. The van der Waals surface area contributed by atoms with Crippen LogP contribution < -0.4 is 5.32 Å². The zero-order valence-electron chi connectivity index (χ0n) is 14.4. The molecule has 6 heteroatoms. The molecule has 2 rings (SSSR count). The summed E-state index contributed by atoms with van der Waals surface area (Å²) in [6, 6.07) is 10.3. The van der Waals surface area contributed by atoms with Gasteiger partial charge in [0.1, 0.15) is 6.04 Å². The van der Waals surface area contributed by atoms with Crippen LogP contribution in [0.2, 0.25) is 6.32 Å². The number of aliphatic carboxylic acids is 1. The highest BCUT2D eigenvalue weighted by Gasteiger charge is 2.32. The molecule has 0 saturated carbocycles. The average Bonchev–Trinajstić information content (AvgIpc) is 2.62. The Kier molecular flexibility index (Phi) is 7.76. The van der Waals surface area contributed by atoms with Crippen molar-refractivity contribution in [3.05, 3.63) is 35.9 Å². The minimum absolute atomic E-state index is 0.167. The number of carboxylic acids is 1. The molecule has 1 aliphatic rings. The van der Waals surface area contributed by atoms with Crippen LogP contribution in [0, 0.1) is 5.92 Å². The molecule has 2 atom stereocenters. The molecule has 1 saturated heterocycles. The van der Waals surface area contributed by atoms with E-state index in [-0.39, 0.29) is 5.92 Å². The molecule has 0 aliphatic carbocycles. The van der Waals surface area contributed by atoms with Gasteiger partial charge in [0.15, 0.2) is 0 Å². The second-order valence-electron chi connectivity index (χ2n) is 6.55. The number of carboxylic acid groups (broad SMARTS) is 1. The second-order valence-corrected chi connectivity index (χ2v) is 6.55. The number of piperidine rings is 1. The molecule has 0 amide bonds. The lowest BCUT2D eigenvalue weighted by Crippen LogP contribution is -2.48. The molecule has 1 aliphatic heterocycles. The Bertz CT molecular complexity index is 492. The van der Waals surface area contributed by atoms with Crippen molar-refractivity contribution in [2.45, 2.75) is 44.6 Å². The van der Waals surface area contributed by atoms with Crippen molar-refractivity contribution in [2.75, 3.05) is 19.6 Å². The minimum atomic E-state index is -0.766. The van der Waals surface area contributed by atoms with Gasteiger partial charge < -0.3 is 15.4 Å². The lowest BCUT2D eigenvalue weighted by atomic mass is 9.87. The summed E-state index contributed by atoms with van der Waals surface area (Å²) in [6.45, 7) is 4.69. The first-order valence-corrected chi connectivity index (χ1v) is 8.84. The highest BCUT2D eigenvalue weighted by molar-refractivity contribution is 6.25. The number of nitrogens with zero attached hydrogens (tertiary/aromatic N) is 1. The monoisotopic (exact) mass is 331 g/mol. The van der Waals surface area contributed by atoms with E-state index in [4.69, 9.17) is 5.02 Å². The molecule has 3 N–H and O–H groups in total. The fourth-order valence-corrected chi connectivity index (χ4v) is 3.49. The van der Waals surface area contributed by atoms with E-state index >= 15 is 0 Å². The Morgan fingerprint density at radius 1 is 1.33 bits per heavy atom. The van der Waals surface area contributed by atoms with Crippen molar-refractivity contribution in [2.24, 2.45) is 5.92 Å². The van der Waals surface area contributed by atoms with Crippen LogP contribution in [0.15, 0.2) is 30.3 Å². The first-order valence-electron chi connectivity index (χ1n) is 8.84. The summed E-state index contributed by atoms with van der Waals surface area (Å²) in [4.78, 5) is 14.0. The lowest BCUT2D eigenvalue weighted by molar-refractivity contribution is -0.141. The predicted molar refractivity (Wildman–Crippen MR) is 96.0 cm³/mol. The summed E-state index contributed by atoms with van der Waals surface area (Å²) < 4.78 is 0. The predicted octanol–water partition coefficient (Wildman–Crippen LogP) is 1.92. The molecule has 0 bridgehead atoms. The van der Waals surface area contributed by atoms with Crippen LogP contribution in [-0.2, 0) is 4.79 Å². The van der Waals surface area contributed by atoms with Crippen LogP contribution in [0.25, 0.3) is 0 Å². The molecule has 0 spiro atoms. The summed E-state index contributed by atoms with van der Waals surface area (Å²) in [5, 5.41) is 21.3. The fourth-order valence-electron chi connectivity index (χ4n) is 3.49. The quantitative estimate of drug-likeness (QED) is 0.476. The van der Waals surface area contributed by atoms with Crippen LogP contribution in [-0.4, -0.2) is 54.2 Å². The molecule has 1 radical (unpaired) electrons. The number of hydrogen-bond donors (Lipinski definition) is 3. The number of carbonyl (C=O) groups is 1. The Labute approximate surface area is 145 Å². The van der Waals surface area contributed by atoms with Gasteiger partial charge in [-0.05, 0) is 57.3 Å². The normalized spacial score (nSPS) is 18.9. The highest BCUT2D eigenvalue weighted by atomic mass is 16.4. The SMILES string of the molecule is CC(c1ccccc1)N1CCC(C(NCCC[B]O)C(=O)O)CC1. The number of nitrogens with one attached hydrogen (secondary N) is 1. The van der Waals surface area contributed by atoms with E-state index in [1.54, 1.807) is 0 Å². The number of hydrogen-bond acceptors (Lipinski definition) is 4. The van der Waals surface area contributed by atoms with E-state index in [0.717, 1.165) is 39.8 Å². The summed E-state index contributed by atoms with van der Waals surface area (Å²) in [5.41, 5.74) is 1.31. The summed E-state index contributed by atoms with van der Waals surface area (Å²) in [7, 11) is 1.13. The first kappa shape index (κ1) is 19.0. The maximum absolute atomic E-state index is 11.6. The lowest BCUT2D eigenvalue weighted by Gasteiger charge is -2.38. The van der Waals surface area contributed by atoms with Gasteiger partial charge in [0.2, 0.25) is 0 Å². The molecule has 1 aromatic carbocycles. The Morgan fingerprint density at radius 2 is 2.00 bits per heavy atom. The number of rotatable bonds is 9. The summed E-state index contributed by atoms with van der Waals surface area (Å²) in [6.07, 6.45) is 3.14. The fraction of sp³-hybridized carbons (Fsp3) is 0.611. The third-order valence-electron chi connectivity index (χ3n) is 5.02. The van der Waals surface area contributed by atoms with Crippen LogP contribution in [0.3, 0.4) is 0 Å². The molecule has 5 nitrogen and oxygen atoms in total. The second kappa shape index (κ2) is 9.82. The van der Waals surface area contributed by atoms with Crippen LogP contribution in [0.5, 0.6) is 0 Å². The Hall–Kier alpha value is -1.37. The largest absolute Gasteiger partial charge is 0.480 e. The Balaban J connectivity index is 1.84. The molecule has 2 unspecified atom stereocenters. The molecule has 1 fully saturated rings. The van der Waals surface area contributed by atoms with Gasteiger partial charge in [-0.25, -0.2) is 0 Å². The zero-order chi connectivity index (χ0) is 17.4. The van der Waals surface area contributed by atoms with Gasteiger partial charge in [-0.15, -0.1) is 0 Å². The highest BCUT2D eigenvalue weighted by Crippen LogP contribution is 2.28. The molecular formula is C18H28BN2O3. The van der Waals surface area contributed by atoms with E-state index in [1.807, 2.05) is 6.07 Å². The topological polar surface area (TPSA) is 72.8 Å². The van der Waals surface area contributed by atoms with E-state index in [0.29, 0.717) is 18.9 Å². The molecule has 1 heterocycles. The van der Waals surface area contributed by atoms with Gasteiger partial charge in [-0.3, -0.25) is 9.69 Å². The van der Waals surface area contributed by atoms with Gasteiger partial charge in [-0.1, -0.05) is 36.7 Å². The number of likely N-dealkylation sites (tertiary alicyclic amines) is 1. The van der Waals surface area contributed by atoms with E-state index in [9.17, 15) is 9.90 Å². The molecule has 1 aromatic rings. The third-order valence-corrected chi connectivity index (χ3v) is 5.02. The maximum Gasteiger partial charge on any atom is 0.320 e. The third kappa shape index (κ3) is 5.33. The van der Waals surface area contributed by atoms with Gasteiger partial charge in [0.05, 0.1) is 0 Å². The molecule has 131 valence electrons. The smallest absolute Gasteiger partial charge is 0.320 e. The summed E-state index contributed by atoms with van der Waals surface area (Å²) in [5.74, 6) is -0.600. The van der Waals surface area contributed by atoms with Gasteiger partial charge in [0, 0.05) is 6.04 Å². The van der Waals surface area contributed by atoms with Gasteiger partial charge in [-0.2, -0.15) is 0 Å². The van der Waals surface area contributed by atoms with Crippen molar-refractivity contribution in [1.82, 2.24) is 10.2 Å². The van der Waals surface area contributed by atoms with Crippen LogP contribution in [0.4, 0.5) is 0 Å². The maximum atomic E-state index is 11.6. The number of benzene rings is 1. The average molecular weight is 331 g/mol. The van der Waals surface area contributed by atoms with Gasteiger partial charge in [0.25, 0.3) is 7.48 Å². The van der Waals surface area contributed by atoms with E-state index in [2.05, 4.69) is 41.4 Å². The van der Waals surface area contributed by atoms with E-state index in [1.165, 1.54) is 5.56 Å². The van der Waals surface area contributed by atoms with Crippen molar-refractivity contribution < 1.29 is 14.9 Å². The van der Waals surface area contributed by atoms with Crippen molar-refractivity contribution >= 4 is 13.5 Å². The van der Waals surface area contributed by atoms with Crippen molar-refractivity contribution in [3.63, 3.8) is 0 Å². The molecule has 24 heavy (non-hydrogen) atoms. The minimum Gasteiger partial charge on any atom is -0.480 e. The van der Waals surface area contributed by atoms with Gasteiger partial charge >= 0.3 is 5.97 Å². The van der Waals surface area contributed by atoms with Crippen LogP contribution in [0.1, 0.15) is 37.8 Å². The van der Waals surface area contributed by atoms with E-state index < -0.39 is 12.0 Å². The van der Waals surface area contributed by atoms with Crippen molar-refractivity contribution in [1.29, 1.82) is 0 Å². The first-order chi connectivity index (χ1) is 11.6. The van der Waals surface area contributed by atoms with Crippen LogP contribution >= 0.6 is 0 Å². The standard InChI is InChI=1S/C18H28BN2O3/c1-14(15-6-3-2-4-7-15)21-12-8-16(9-13-21)17(18(22)23)20-11-5-10-19-24/h2-4,6-7,14,16-17,20,24H,5,8-13H2,1H3,(H,22,23). The summed E-state index contributed by atoms with van der Waals surface area (Å²) >= 11 is 0. The Morgan fingerprint density at radius 3 is 2.58 bits per heavy atom. The van der Waals surface area contributed by atoms with Crippen molar-refractivity contribution in [3.8, 4) is 0 Å². The zero-order valence-corrected chi connectivity index (χ0v) is 14.4. The molecule has 0 aromatic heterocycles.